The van der Waals surface area contributed by atoms with E-state index in [0.29, 0.717) is 11.5 Å². The first kappa shape index (κ1) is 17.3. The summed E-state index contributed by atoms with van der Waals surface area (Å²) < 4.78 is 6.42. The van der Waals surface area contributed by atoms with Crippen LogP contribution in [0.1, 0.15) is 5.56 Å². The van der Waals surface area contributed by atoms with Gasteiger partial charge in [-0.15, -0.1) is 10.2 Å². The van der Waals surface area contributed by atoms with Crippen molar-refractivity contribution in [2.24, 2.45) is 0 Å². The van der Waals surface area contributed by atoms with E-state index in [1.54, 1.807) is 12.1 Å². The number of nitro groups is 1. The first-order chi connectivity index (χ1) is 12.0. The van der Waals surface area contributed by atoms with E-state index in [4.69, 9.17) is 4.42 Å². The molecule has 9 heteroatoms. The lowest BCUT2D eigenvalue weighted by Crippen LogP contribution is -1.98. The summed E-state index contributed by atoms with van der Waals surface area (Å²) in [6.07, 6.45) is 0.110. The molecule has 2 aromatic carbocycles. The molecule has 0 N–H and O–H groups in total. The molecule has 7 nitrogen and oxygen atoms in total. The Morgan fingerprint density at radius 1 is 1.12 bits per heavy atom. The largest absolute Gasteiger partial charge is 0.411 e. The Labute approximate surface area is 154 Å². The lowest BCUT2D eigenvalue weighted by molar-refractivity contribution is -0.384. The number of benzene rings is 2. The Bertz CT molecular complexity index is 910. The molecular weight excluding hydrogens is 410 g/mol. The fourth-order valence-electron chi connectivity index (χ4n) is 2.00. The maximum absolute atomic E-state index is 12.1. The van der Waals surface area contributed by atoms with Gasteiger partial charge in [-0.05, 0) is 29.8 Å². The number of nitrogens with zero attached hydrogens (tertiary/aromatic N) is 3. The molecule has 126 valence electrons. The maximum Gasteiger partial charge on any atom is 0.284 e. The Hall–Kier alpha value is -2.52. The van der Waals surface area contributed by atoms with E-state index in [9.17, 15) is 14.9 Å². The number of rotatable bonds is 5. The molecule has 0 fully saturated rings. The van der Waals surface area contributed by atoms with E-state index in [2.05, 4.69) is 26.1 Å². The molecule has 0 spiro atoms. The zero-order valence-corrected chi connectivity index (χ0v) is 15.0. The van der Waals surface area contributed by atoms with Crippen LogP contribution in [-0.4, -0.2) is 20.2 Å². The van der Waals surface area contributed by atoms with Gasteiger partial charge in [-0.25, -0.2) is 0 Å². The second-order valence-corrected chi connectivity index (χ2v) is 6.88. The third kappa shape index (κ3) is 4.52. The van der Waals surface area contributed by atoms with E-state index in [-0.39, 0.29) is 22.4 Å². The Balaban J connectivity index is 1.63. The number of carbonyl (C=O) groups excluding carboxylic acids is 1. The molecule has 0 atom stereocenters. The van der Waals surface area contributed by atoms with Crippen molar-refractivity contribution in [3.05, 3.63) is 68.7 Å². The number of hydrogen-bond acceptors (Lipinski definition) is 7. The molecule has 3 rings (SSSR count). The summed E-state index contributed by atoms with van der Waals surface area (Å²) in [6, 6.07) is 13.2. The number of halogens is 1. The van der Waals surface area contributed by atoms with Gasteiger partial charge in [0.25, 0.3) is 10.9 Å². The van der Waals surface area contributed by atoms with E-state index >= 15 is 0 Å². The van der Waals surface area contributed by atoms with Crippen LogP contribution in [0.25, 0.3) is 11.5 Å². The monoisotopic (exact) mass is 419 g/mol. The Morgan fingerprint density at radius 2 is 1.80 bits per heavy atom. The minimum Gasteiger partial charge on any atom is -0.411 e. The lowest BCUT2D eigenvalue weighted by Gasteiger charge is -1.98. The van der Waals surface area contributed by atoms with Crippen molar-refractivity contribution in [3.63, 3.8) is 0 Å². The van der Waals surface area contributed by atoms with Gasteiger partial charge in [0.15, 0.2) is 0 Å². The van der Waals surface area contributed by atoms with Crippen LogP contribution in [0.5, 0.6) is 0 Å². The van der Waals surface area contributed by atoms with Gasteiger partial charge in [-0.2, -0.15) is 0 Å². The van der Waals surface area contributed by atoms with Crippen LogP contribution >= 0.6 is 27.7 Å². The Morgan fingerprint density at radius 3 is 2.44 bits per heavy atom. The predicted octanol–water partition coefficient (Wildman–Crippen LogP) is 4.27. The van der Waals surface area contributed by atoms with E-state index in [0.717, 1.165) is 21.8 Å². The second kappa shape index (κ2) is 7.58. The van der Waals surface area contributed by atoms with E-state index in [1.807, 2.05) is 24.3 Å². The highest BCUT2D eigenvalue weighted by Crippen LogP contribution is 2.25. The molecule has 0 amide bonds. The van der Waals surface area contributed by atoms with Crippen LogP contribution in [0.4, 0.5) is 5.69 Å². The summed E-state index contributed by atoms with van der Waals surface area (Å²) in [5, 5.41) is 18.4. The fraction of sp³-hybridized carbons (Fsp3) is 0.0625. The van der Waals surface area contributed by atoms with Crippen LogP contribution in [0.3, 0.4) is 0 Å². The predicted molar refractivity (Wildman–Crippen MR) is 95.1 cm³/mol. The molecule has 0 saturated carbocycles. The molecule has 1 heterocycles. The van der Waals surface area contributed by atoms with Gasteiger partial charge in [0.2, 0.25) is 11.0 Å². The summed E-state index contributed by atoms with van der Waals surface area (Å²) in [7, 11) is 0. The van der Waals surface area contributed by atoms with Crippen molar-refractivity contribution >= 4 is 38.5 Å². The van der Waals surface area contributed by atoms with Crippen molar-refractivity contribution in [1.82, 2.24) is 10.2 Å². The Kier molecular flexibility index (Phi) is 5.25. The third-order valence-electron chi connectivity index (χ3n) is 3.19. The van der Waals surface area contributed by atoms with Crippen molar-refractivity contribution in [2.45, 2.75) is 11.6 Å². The third-order valence-corrected chi connectivity index (χ3v) is 4.43. The minimum absolute atomic E-state index is 0.0140. The topological polar surface area (TPSA) is 99.1 Å². The molecule has 1 aromatic heterocycles. The lowest BCUT2D eigenvalue weighted by atomic mass is 10.1. The molecule has 3 aromatic rings. The molecule has 25 heavy (non-hydrogen) atoms. The second-order valence-electron chi connectivity index (χ2n) is 4.95. The molecule has 0 aliphatic heterocycles. The number of non-ortho nitro benzene ring substituents is 1. The number of carbonyl (C=O) groups is 1. The molecular formula is C16H10BrN3O4S. The maximum atomic E-state index is 12.1. The first-order valence-electron chi connectivity index (χ1n) is 7.05. The summed E-state index contributed by atoms with van der Waals surface area (Å²) in [4.78, 5) is 22.2. The van der Waals surface area contributed by atoms with Gasteiger partial charge in [-0.3, -0.25) is 14.9 Å². The van der Waals surface area contributed by atoms with Crippen molar-refractivity contribution in [1.29, 1.82) is 0 Å². The average molecular weight is 420 g/mol. The average Bonchev–Trinajstić information content (AvgIpc) is 3.04. The van der Waals surface area contributed by atoms with Crippen molar-refractivity contribution in [3.8, 4) is 11.5 Å². The van der Waals surface area contributed by atoms with Crippen LogP contribution in [0.2, 0.25) is 0 Å². The molecule has 0 aliphatic rings. The standard InChI is InChI=1S/C16H10BrN3O4S/c17-12-5-3-11(4-6-12)15-18-19-16(24-15)25-14(21)9-10-1-7-13(8-2-10)20(22)23/h1-8H,9H2. The normalized spacial score (nSPS) is 10.6. The zero-order valence-electron chi connectivity index (χ0n) is 12.6. The molecule has 0 radical (unpaired) electrons. The number of aromatic nitrogens is 2. The molecule has 0 unspecified atom stereocenters. The molecule has 0 aliphatic carbocycles. The van der Waals surface area contributed by atoms with Crippen molar-refractivity contribution < 1.29 is 14.1 Å². The minimum atomic E-state index is -0.484. The van der Waals surface area contributed by atoms with Gasteiger partial charge in [0, 0.05) is 40.4 Å². The summed E-state index contributed by atoms with van der Waals surface area (Å²) in [5.41, 5.74) is 1.42. The van der Waals surface area contributed by atoms with Gasteiger partial charge in [0.1, 0.15) is 0 Å². The number of thioether (sulfide) groups is 1. The first-order valence-corrected chi connectivity index (χ1v) is 8.65. The van der Waals surface area contributed by atoms with Crippen LogP contribution < -0.4 is 0 Å². The van der Waals surface area contributed by atoms with Gasteiger partial charge >= 0.3 is 0 Å². The smallest absolute Gasteiger partial charge is 0.284 e. The van der Waals surface area contributed by atoms with Gasteiger partial charge in [0.05, 0.1) is 4.92 Å². The van der Waals surface area contributed by atoms with Gasteiger partial charge in [-0.1, -0.05) is 28.1 Å². The van der Waals surface area contributed by atoms with Crippen LogP contribution in [0, 0.1) is 10.1 Å². The van der Waals surface area contributed by atoms with E-state index < -0.39 is 4.92 Å². The summed E-state index contributed by atoms with van der Waals surface area (Å²) >= 11 is 4.19. The van der Waals surface area contributed by atoms with E-state index in [1.165, 1.54) is 12.1 Å². The highest BCUT2D eigenvalue weighted by molar-refractivity contribution is 9.10. The van der Waals surface area contributed by atoms with Gasteiger partial charge < -0.3 is 4.42 Å². The molecule has 0 bridgehead atoms. The highest BCUT2D eigenvalue weighted by Gasteiger charge is 2.14. The number of hydrogen-bond donors (Lipinski definition) is 0. The van der Waals surface area contributed by atoms with Crippen LogP contribution in [-0.2, 0) is 11.2 Å². The quantitative estimate of drug-likeness (QED) is 0.345. The van der Waals surface area contributed by atoms with Crippen molar-refractivity contribution in [2.75, 3.05) is 0 Å². The highest BCUT2D eigenvalue weighted by atomic mass is 79.9. The molecule has 0 saturated heterocycles. The summed E-state index contributed by atoms with van der Waals surface area (Å²) in [5.74, 6) is 0.332. The SMILES string of the molecule is O=C(Cc1ccc([N+](=O)[O-])cc1)Sc1nnc(-c2ccc(Br)cc2)o1. The fourth-order valence-corrected chi connectivity index (χ4v) is 2.90. The summed E-state index contributed by atoms with van der Waals surface area (Å²) in [6.45, 7) is 0. The van der Waals surface area contributed by atoms with Crippen LogP contribution in [0.15, 0.2) is 62.6 Å². The number of nitro benzene ring substituents is 1. The zero-order chi connectivity index (χ0) is 17.8.